The topological polar surface area (TPSA) is 86.8 Å². The molecule has 2 atom stereocenters. The first kappa shape index (κ1) is 35.2. The Kier molecular flexibility index (Phi) is 11.7. The number of benzene rings is 3. The van der Waals surface area contributed by atoms with Gasteiger partial charge < -0.3 is 10.2 Å². The number of hydrogen-bond donors (Lipinski definition) is 1. The lowest BCUT2D eigenvalue weighted by molar-refractivity contribution is -0.140. The molecule has 0 saturated carbocycles. The van der Waals surface area contributed by atoms with Gasteiger partial charge in [-0.3, -0.25) is 13.9 Å². The summed E-state index contributed by atoms with van der Waals surface area (Å²) in [5.41, 5.74) is -0.385. The zero-order valence-electron chi connectivity index (χ0n) is 24.7. The zero-order chi connectivity index (χ0) is 32.8. The molecule has 0 unspecified atom stereocenters. The first-order valence-electron chi connectivity index (χ1n) is 13.9. The van der Waals surface area contributed by atoms with Crippen molar-refractivity contribution in [1.29, 1.82) is 0 Å². The van der Waals surface area contributed by atoms with Crippen LogP contribution in [0.4, 0.5) is 18.9 Å². The summed E-state index contributed by atoms with van der Waals surface area (Å²) < 4.78 is 69.5. The van der Waals surface area contributed by atoms with E-state index in [1.165, 1.54) is 30.3 Å². The maximum Gasteiger partial charge on any atom is 0.416 e. The fourth-order valence-corrected chi connectivity index (χ4v) is 6.34. The average Bonchev–Trinajstić information content (AvgIpc) is 2.96. The number of halogens is 5. The third kappa shape index (κ3) is 8.46. The van der Waals surface area contributed by atoms with Crippen molar-refractivity contribution in [2.45, 2.75) is 70.2 Å². The second-order valence-corrected chi connectivity index (χ2v) is 13.0. The van der Waals surface area contributed by atoms with Crippen molar-refractivity contribution in [3.8, 4) is 0 Å². The van der Waals surface area contributed by atoms with Gasteiger partial charge in [0.2, 0.25) is 11.8 Å². The van der Waals surface area contributed by atoms with Gasteiger partial charge in [-0.2, -0.15) is 13.2 Å². The van der Waals surface area contributed by atoms with Crippen LogP contribution in [0, 0.1) is 6.92 Å². The van der Waals surface area contributed by atoms with Gasteiger partial charge in [-0.25, -0.2) is 8.42 Å². The van der Waals surface area contributed by atoms with Crippen LogP contribution in [-0.4, -0.2) is 43.8 Å². The lowest BCUT2D eigenvalue weighted by Crippen LogP contribution is -2.53. The van der Waals surface area contributed by atoms with Crippen LogP contribution in [0.5, 0.6) is 0 Å². The summed E-state index contributed by atoms with van der Waals surface area (Å²) in [4.78, 5) is 28.5. The average molecular weight is 673 g/mol. The molecule has 3 rings (SSSR count). The van der Waals surface area contributed by atoms with E-state index in [-0.39, 0.29) is 39.6 Å². The molecule has 0 heterocycles. The van der Waals surface area contributed by atoms with E-state index in [1.54, 1.807) is 39.0 Å². The Bertz CT molecular complexity index is 1560. The Labute approximate surface area is 266 Å². The molecule has 0 aliphatic carbocycles. The van der Waals surface area contributed by atoms with Crippen molar-refractivity contribution >= 4 is 50.7 Å². The van der Waals surface area contributed by atoms with Gasteiger partial charge in [0.25, 0.3) is 10.0 Å². The van der Waals surface area contributed by atoms with Crippen LogP contribution in [0.2, 0.25) is 10.0 Å². The van der Waals surface area contributed by atoms with Gasteiger partial charge >= 0.3 is 6.18 Å². The van der Waals surface area contributed by atoms with Crippen LogP contribution in [0.3, 0.4) is 0 Å². The normalized spacial score (nSPS) is 13.2. The number of amides is 2. The summed E-state index contributed by atoms with van der Waals surface area (Å²) in [6.07, 6.45) is -4.01. The number of anilines is 1. The zero-order valence-corrected chi connectivity index (χ0v) is 27.0. The molecule has 238 valence electrons. The summed E-state index contributed by atoms with van der Waals surface area (Å²) in [6, 6.07) is 12.8. The summed E-state index contributed by atoms with van der Waals surface area (Å²) >= 11 is 12.8. The van der Waals surface area contributed by atoms with Gasteiger partial charge in [-0.05, 0) is 69.2 Å². The van der Waals surface area contributed by atoms with E-state index in [0.29, 0.717) is 22.4 Å². The Morgan fingerprint density at radius 3 is 2.07 bits per heavy atom. The third-order valence-corrected chi connectivity index (χ3v) is 9.62. The van der Waals surface area contributed by atoms with Crippen molar-refractivity contribution in [3.05, 3.63) is 93.5 Å². The quantitative estimate of drug-likeness (QED) is 0.220. The molecule has 0 aliphatic heterocycles. The molecule has 0 saturated heterocycles. The maximum atomic E-state index is 14.2. The number of aryl methyl sites for hydroxylation is 1. The summed E-state index contributed by atoms with van der Waals surface area (Å²) in [5, 5.41) is 3.28. The number of rotatable bonds is 12. The molecule has 0 fully saturated rings. The minimum Gasteiger partial charge on any atom is -0.352 e. The molecule has 7 nitrogen and oxygen atoms in total. The van der Waals surface area contributed by atoms with Crippen LogP contribution in [0.1, 0.15) is 50.3 Å². The van der Waals surface area contributed by atoms with Crippen molar-refractivity contribution in [3.63, 3.8) is 0 Å². The highest BCUT2D eigenvalue weighted by Crippen LogP contribution is 2.34. The number of carbonyl (C=O) groups excluding carboxylic acids is 2. The lowest BCUT2D eigenvalue weighted by atomic mass is 10.1. The van der Waals surface area contributed by atoms with Crippen LogP contribution >= 0.6 is 23.2 Å². The predicted octanol–water partition coefficient (Wildman–Crippen LogP) is 7.24. The molecule has 0 spiro atoms. The van der Waals surface area contributed by atoms with Crippen LogP contribution in [0.15, 0.2) is 71.6 Å². The third-order valence-electron chi connectivity index (χ3n) is 7.13. The number of sulfonamides is 1. The molecule has 0 radical (unpaired) electrons. The van der Waals surface area contributed by atoms with Crippen molar-refractivity contribution in [2.75, 3.05) is 10.8 Å². The highest BCUT2D eigenvalue weighted by Gasteiger charge is 2.36. The van der Waals surface area contributed by atoms with Gasteiger partial charge in [0.15, 0.2) is 0 Å². The number of carbonyl (C=O) groups is 2. The monoisotopic (exact) mass is 671 g/mol. The molecular weight excluding hydrogens is 638 g/mol. The fourth-order valence-electron chi connectivity index (χ4n) is 4.42. The van der Waals surface area contributed by atoms with E-state index in [4.69, 9.17) is 23.2 Å². The van der Waals surface area contributed by atoms with E-state index >= 15 is 0 Å². The first-order chi connectivity index (χ1) is 20.6. The Morgan fingerprint density at radius 1 is 0.932 bits per heavy atom. The molecule has 0 bridgehead atoms. The molecule has 44 heavy (non-hydrogen) atoms. The number of alkyl halides is 3. The van der Waals surface area contributed by atoms with Crippen molar-refractivity contribution in [2.24, 2.45) is 0 Å². The summed E-state index contributed by atoms with van der Waals surface area (Å²) in [5.74, 6) is -1.33. The largest absolute Gasteiger partial charge is 0.416 e. The van der Waals surface area contributed by atoms with Crippen molar-refractivity contribution in [1.82, 2.24) is 10.2 Å². The lowest BCUT2D eigenvalue weighted by Gasteiger charge is -2.34. The smallest absolute Gasteiger partial charge is 0.352 e. The standard InChI is InChI=1S/C31H34Cl2F3N3O4S/c1-5-21(4)37-30(41)28(6-2)38(18-25-26(32)11-8-12-27(25)33)29(40)19-39(23-10-7-9-22(17-23)31(34,35)36)44(42,43)24-15-13-20(3)14-16-24/h7-17,21,28H,5-6,18-19H2,1-4H3,(H,37,41)/t21-,28-/m1/s1. The molecule has 3 aromatic rings. The Morgan fingerprint density at radius 2 is 1.52 bits per heavy atom. The number of nitrogens with zero attached hydrogens (tertiary/aromatic N) is 2. The van der Waals surface area contributed by atoms with Crippen LogP contribution in [-0.2, 0) is 32.3 Å². The molecule has 13 heteroatoms. The van der Waals surface area contributed by atoms with Gasteiger partial charge in [0, 0.05) is 28.2 Å². The van der Waals surface area contributed by atoms with Crippen molar-refractivity contribution < 1.29 is 31.2 Å². The van der Waals surface area contributed by atoms with E-state index < -0.39 is 46.2 Å². The molecular formula is C31H34Cl2F3N3O4S. The van der Waals surface area contributed by atoms with Gasteiger partial charge in [-0.15, -0.1) is 0 Å². The van der Waals surface area contributed by atoms with Gasteiger partial charge in [0.05, 0.1) is 16.1 Å². The van der Waals surface area contributed by atoms with E-state index in [2.05, 4.69) is 5.32 Å². The van der Waals surface area contributed by atoms with E-state index in [9.17, 15) is 31.2 Å². The summed E-state index contributed by atoms with van der Waals surface area (Å²) in [7, 11) is -4.56. The van der Waals surface area contributed by atoms with E-state index in [0.717, 1.165) is 22.6 Å². The second kappa shape index (κ2) is 14.7. The Hall–Kier alpha value is -3.28. The fraction of sp³-hybridized carbons (Fsp3) is 0.355. The predicted molar refractivity (Wildman–Crippen MR) is 166 cm³/mol. The number of hydrogen-bond acceptors (Lipinski definition) is 4. The summed E-state index contributed by atoms with van der Waals surface area (Å²) in [6.45, 7) is 5.93. The minimum atomic E-state index is -4.77. The van der Waals surface area contributed by atoms with Crippen LogP contribution < -0.4 is 9.62 Å². The molecule has 0 aromatic heterocycles. The second-order valence-electron chi connectivity index (χ2n) is 10.3. The number of nitrogens with one attached hydrogen (secondary N) is 1. The molecule has 2 amide bonds. The maximum absolute atomic E-state index is 14.2. The molecule has 1 N–H and O–H groups in total. The Balaban J connectivity index is 2.16. The minimum absolute atomic E-state index is 0.143. The van der Waals surface area contributed by atoms with Crippen LogP contribution in [0.25, 0.3) is 0 Å². The SMILES string of the molecule is CC[C@@H](C)NC(=O)[C@@H](CC)N(Cc1c(Cl)cccc1Cl)C(=O)CN(c1cccc(C(F)(F)F)c1)S(=O)(=O)c1ccc(C)cc1. The highest BCUT2D eigenvalue weighted by molar-refractivity contribution is 7.92. The first-order valence-corrected chi connectivity index (χ1v) is 16.1. The van der Waals surface area contributed by atoms with E-state index in [1.807, 2.05) is 6.92 Å². The highest BCUT2D eigenvalue weighted by atomic mass is 35.5. The van der Waals surface area contributed by atoms with Gasteiger partial charge in [-0.1, -0.05) is 66.9 Å². The molecule has 0 aliphatic rings. The molecule has 3 aromatic carbocycles. The van der Waals surface area contributed by atoms with Gasteiger partial charge in [0.1, 0.15) is 12.6 Å².